The Morgan fingerprint density at radius 1 is 0.808 bits per heavy atom. The molecule has 2 heterocycles. The molecule has 134 valence electrons. The van der Waals surface area contributed by atoms with Gasteiger partial charge in [0.2, 0.25) is 11.8 Å². The molecule has 0 bridgehead atoms. The molecule has 2 aromatic carbocycles. The number of hydrogen-bond donors (Lipinski definition) is 1. The highest BCUT2D eigenvalue weighted by atomic mass is 28.3. The second-order valence-electron chi connectivity index (χ2n) is 8.30. The summed E-state index contributed by atoms with van der Waals surface area (Å²) in [6.07, 6.45) is 0. The van der Waals surface area contributed by atoms with Crippen LogP contribution in [0.4, 0.5) is 5.69 Å². The number of amides is 2. The van der Waals surface area contributed by atoms with Crippen LogP contribution in [-0.2, 0) is 9.59 Å². The van der Waals surface area contributed by atoms with Crippen LogP contribution in [0.1, 0.15) is 11.6 Å². The summed E-state index contributed by atoms with van der Waals surface area (Å²) in [5, 5.41) is 3.68. The van der Waals surface area contributed by atoms with Gasteiger partial charge in [-0.1, -0.05) is 68.2 Å². The number of rotatable bonds is 3. The van der Waals surface area contributed by atoms with E-state index >= 15 is 0 Å². The summed E-state index contributed by atoms with van der Waals surface area (Å²) in [5.41, 5.74) is 1.85. The van der Waals surface area contributed by atoms with Crippen molar-refractivity contribution in [2.75, 3.05) is 4.90 Å². The number of para-hydroxylation sites is 1. The van der Waals surface area contributed by atoms with E-state index in [0.29, 0.717) is 5.69 Å². The van der Waals surface area contributed by atoms with Gasteiger partial charge in [0.05, 0.1) is 25.6 Å². The van der Waals surface area contributed by atoms with Gasteiger partial charge in [-0.2, -0.15) is 0 Å². The fourth-order valence-corrected chi connectivity index (χ4v) is 6.51. The standard InChI is InChI=1S/C21H24N2O2Si/c1-26(2,3)19-17-16(18(22-19)14-10-6-4-7-11-14)20(24)23(21(17)25)15-12-8-5-9-13-15/h4-13,16-19,22H,1-3H3/t16-,17-,18?,19+/m1/s1. The van der Waals surface area contributed by atoms with Crippen LogP contribution in [-0.4, -0.2) is 25.6 Å². The molecular weight excluding hydrogens is 340 g/mol. The van der Waals surface area contributed by atoms with Crippen LogP contribution in [0.2, 0.25) is 19.6 Å². The zero-order chi connectivity index (χ0) is 18.5. The Hall–Kier alpha value is -2.24. The summed E-state index contributed by atoms with van der Waals surface area (Å²) in [6.45, 7) is 6.79. The van der Waals surface area contributed by atoms with Crippen LogP contribution in [0.15, 0.2) is 60.7 Å². The van der Waals surface area contributed by atoms with Gasteiger partial charge in [-0.3, -0.25) is 9.59 Å². The molecule has 4 nitrogen and oxygen atoms in total. The van der Waals surface area contributed by atoms with E-state index in [2.05, 4.69) is 25.0 Å². The van der Waals surface area contributed by atoms with Gasteiger partial charge in [-0.25, -0.2) is 4.90 Å². The minimum absolute atomic E-state index is 0.0513. The third kappa shape index (κ3) is 2.63. The first kappa shape index (κ1) is 17.2. The number of benzene rings is 2. The van der Waals surface area contributed by atoms with Crippen LogP contribution in [0.25, 0.3) is 0 Å². The summed E-state index contributed by atoms with van der Waals surface area (Å²) in [5.74, 6) is -0.737. The molecule has 2 aliphatic rings. The van der Waals surface area contributed by atoms with Crippen molar-refractivity contribution in [3.63, 3.8) is 0 Å². The highest BCUT2D eigenvalue weighted by Gasteiger charge is 2.61. The second-order valence-corrected chi connectivity index (χ2v) is 13.7. The summed E-state index contributed by atoms with van der Waals surface area (Å²) in [4.78, 5) is 28.1. The van der Waals surface area contributed by atoms with Gasteiger partial charge in [0, 0.05) is 11.7 Å². The number of carbonyl (C=O) groups is 2. The van der Waals surface area contributed by atoms with Crippen molar-refractivity contribution < 1.29 is 9.59 Å². The maximum absolute atomic E-state index is 13.3. The summed E-state index contributed by atoms with van der Waals surface area (Å²) >= 11 is 0. The van der Waals surface area contributed by atoms with Gasteiger partial charge in [0.25, 0.3) is 0 Å². The monoisotopic (exact) mass is 364 g/mol. The highest BCUT2D eigenvalue weighted by molar-refractivity contribution is 6.78. The average Bonchev–Trinajstić information content (AvgIpc) is 3.14. The Bertz CT molecular complexity index is 832. The Kier molecular flexibility index (Phi) is 4.08. The van der Waals surface area contributed by atoms with Crippen LogP contribution in [0, 0.1) is 11.8 Å². The van der Waals surface area contributed by atoms with Crippen LogP contribution in [0.3, 0.4) is 0 Å². The van der Waals surface area contributed by atoms with Gasteiger partial charge in [0.15, 0.2) is 0 Å². The van der Waals surface area contributed by atoms with Crippen molar-refractivity contribution in [2.45, 2.75) is 31.3 Å². The number of anilines is 1. The Morgan fingerprint density at radius 3 is 1.92 bits per heavy atom. The third-order valence-electron chi connectivity index (χ3n) is 5.58. The van der Waals surface area contributed by atoms with Crippen LogP contribution >= 0.6 is 0 Å². The smallest absolute Gasteiger partial charge is 0.239 e. The maximum atomic E-state index is 13.3. The van der Waals surface area contributed by atoms with E-state index in [9.17, 15) is 9.59 Å². The molecular formula is C21H24N2O2Si. The number of imide groups is 1. The first-order valence-corrected chi connectivity index (χ1v) is 12.7. The van der Waals surface area contributed by atoms with Gasteiger partial charge in [-0.05, 0) is 17.7 Å². The van der Waals surface area contributed by atoms with E-state index < -0.39 is 8.07 Å². The molecule has 1 unspecified atom stereocenters. The second kappa shape index (κ2) is 6.18. The Labute approximate surface area is 155 Å². The fourth-order valence-electron chi connectivity index (χ4n) is 4.40. The van der Waals surface area contributed by atoms with E-state index in [0.717, 1.165) is 5.56 Å². The first-order valence-electron chi connectivity index (χ1n) is 9.13. The topological polar surface area (TPSA) is 49.4 Å². The predicted octanol–water partition coefficient (Wildman–Crippen LogP) is 3.38. The van der Waals surface area contributed by atoms with Gasteiger partial charge in [-0.15, -0.1) is 0 Å². The number of nitrogens with one attached hydrogen (secondary N) is 1. The van der Waals surface area contributed by atoms with E-state index in [1.165, 1.54) is 4.90 Å². The Balaban J connectivity index is 1.79. The lowest BCUT2D eigenvalue weighted by molar-refractivity contribution is -0.123. The molecule has 2 amide bonds. The zero-order valence-corrected chi connectivity index (χ0v) is 16.3. The Morgan fingerprint density at radius 2 is 1.35 bits per heavy atom. The number of fused-ring (bicyclic) bond motifs is 1. The third-order valence-corrected chi connectivity index (χ3v) is 7.97. The summed E-state index contributed by atoms with van der Waals surface area (Å²) < 4.78 is 0. The molecule has 0 spiro atoms. The molecule has 2 aromatic rings. The fraction of sp³-hybridized carbons (Fsp3) is 0.333. The molecule has 2 aliphatic heterocycles. The quantitative estimate of drug-likeness (QED) is 0.671. The molecule has 2 fully saturated rings. The van der Waals surface area contributed by atoms with Crippen molar-refractivity contribution >= 4 is 25.6 Å². The summed E-state index contributed by atoms with van der Waals surface area (Å²) in [7, 11) is -1.70. The number of carbonyl (C=O) groups excluding carboxylic acids is 2. The molecule has 4 rings (SSSR count). The van der Waals surface area contributed by atoms with Crippen LogP contribution < -0.4 is 10.2 Å². The van der Waals surface area contributed by atoms with E-state index in [4.69, 9.17) is 0 Å². The highest BCUT2D eigenvalue weighted by Crippen LogP contribution is 2.47. The molecule has 2 saturated heterocycles. The van der Waals surface area contributed by atoms with E-state index in [1.807, 2.05) is 60.7 Å². The lowest BCUT2D eigenvalue weighted by atomic mass is 9.89. The molecule has 4 atom stereocenters. The largest absolute Gasteiger partial charge is 0.308 e. The predicted molar refractivity (Wildman–Crippen MR) is 105 cm³/mol. The minimum atomic E-state index is -1.70. The van der Waals surface area contributed by atoms with Crippen molar-refractivity contribution in [1.29, 1.82) is 0 Å². The van der Waals surface area contributed by atoms with Gasteiger partial charge < -0.3 is 5.32 Å². The lowest BCUT2D eigenvalue weighted by Gasteiger charge is -2.30. The average molecular weight is 365 g/mol. The molecule has 1 N–H and O–H groups in total. The van der Waals surface area contributed by atoms with Gasteiger partial charge in [0.1, 0.15) is 0 Å². The normalized spacial score (nSPS) is 28.5. The molecule has 0 radical (unpaired) electrons. The maximum Gasteiger partial charge on any atom is 0.239 e. The van der Waals surface area contributed by atoms with E-state index in [-0.39, 0.29) is 35.4 Å². The number of hydrogen-bond acceptors (Lipinski definition) is 3. The molecule has 5 heteroatoms. The molecule has 26 heavy (non-hydrogen) atoms. The van der Waals surface area contributed by atoms with Crippen molar-refractivity contribution in [2.24, 2.45) is 11.8 Å². The summed E-state index contributed by atoms with van der Waals surface area (Å²) in [6, 6.07) is 19.3. The molecule has 0 aliphatic carbocycles. The minimum Gasteiger partial charge on any atom is -0.308 e. The van der Waals surface area contributed by atoms with Gasteiger partial charge >= 0.3 is 0 Å². The first-order chi connectivity index (χ1) is 12.4. The SMILES string of the molecule is C[Si](C)(C)[C@@H]1NC(c2ccccc2)[C@@H]2C(=O)N(c3ccccc3)C(=O)[C@@H]12. The van der Waals surface area contributed by atoms with Crippen LogP contribution in [0.5, 0.6) is 0 Å². The van der Waals surface area contributed by atoms with Crippen molar-refractivity contribution in [3.8, 4) is 0 Å². The van der Waals surface area contributed by atoms with Crippen molar-refractivity contribution in [3.05, 3.63) is 66.2 Å². The van der Waals surface area contributed by atoms with Crippen molar-refractivity contribution in [1.82, 2.24) is 5.32 Å². The van der Waals surface area contributed by atoms with E-state index in [1.54, 1.807) is 0 Å². The molecule has 0 saturated carbocycles. The molecule has 0 aromatic heterocycles. The zero-order valence-electron chi connectivity index (χ0n) is 15.3. The number of nitrogens with zero attached hydrogens (tertiary/aromatic N) is 1. The lowest BCUT2D eigenvalue weighted by Crippen LogP contribution is -2.52.